The lowest BCUT2D eigenvalue weighted by Gasteiger charge is -2.12. The fourth-order valence-electron chi connectivity index (χ4n) is 1.76. The number of aromatic nitrogens is 1. The summed E-state index contributed by atoms with van der Waals surface area (Å²) in [7, 11) is 0. The molecule has 2 rings (SSSR count). The first kappa shape index (κ1) is 14.0. The molecule has 0 bridgehead atoms. The largest absolute Gasteiger partial charge is 0.487 e. The molecule has 0 aliphatic carbocycles. The van der Waals surface area contributed by atoms with Gasteiger partial charge in [-0.25, -0.2) is 4.98 Å². The fourth-order valence-corrected chi connectivity index (χ4v) is 2.58. The third kappa shape index (κ3) is 3.55. The van der Waals surface area contributed by atoms with Gasteiger partial charge in [0.15, 0.2) is 0 Å². The highest BCUT2D eigenvalue weighted by Crippen LogP contribution is 2.26. The van der Waals surface area contributed by atoms with Gasteiger partial charge in [-0.05, 0) is 13.0 Å². The van der Waals surface area contributed by atoms with E-state index >= 15 is 0 Å². The maximum absolute atomic E-state index is 9.69. The van der Waals surface area contributed by atoms with Crippen LogP contribution >= 0.6 is 11.3 Å². The topological polar surface area (TPSA) is 42.4 Å². The van der Waals surface area contributed by atoms with E-state index in [0.29, 0.717) is 12.5 Å². The third-order valence-corrected chi connectivity index (χ3v) is 4.00. The van der Waals surface area contributed by atoms with Crippen molar-refractivity contribution in [1.29, 1.82) is 0 Å². The van der Waals surface area contributed by atoms with E-state index in [1.807, 2.05) is 29.6 Å². The Bertz CT molecular complexity index is 534. The first-order valence-electron chi connectivity index (χ1n) is 6.42. The zero-order valence-corrected chi connectivity index (χ0v) is 12.3. The molecule has 0 radical (unpaired) electrons. The molecule has 0 saturated heterocycles. The third-order valence-electron chi connectivity index (χ3n) is 2.81. The maximum Gasteiger partial charge on any atom is 0.131 e. The average molecular weight is 277 g/mol. The summed E-state index contributed by atoms with van der Waals surface area (Å²) in [4.78, 5) is 4.53. The van der Waals surface area contributed by atoms with Gasteiger partial charge in [-0.1, -0.05) is 32.0 Å². The summed E-state index contributed by atoms with van der Waals surface area (Å²) in [6.07, 6.45) is -0.530. The van der Waals surface area contributed by atoms with E-state index < -0.39 is 6.10 Å². The predicted octanol–water partition coefficient (Wildman–Crippen LogP) is 3.90. The molecular weight excluding hydrogens is 258 g/mol. The maximum atomic E-state index is 9.69. The van der Waals surface area contributed by atoms with E-state index in [1.54, 1.807) is 18.3 Å². The smallest absolute Gasteiger partial charge is 0.131 e. The van der Waals surface area contributed by atoms with Crippen LogP contribution in [0.25, 0.3) is 0 Å². The summed E-state index contributed by atoms with van der Waals surface area (Å²) in [5, 5.41) is 12.8. The Kier molecular flexibility index (Phi) is 4.56. The molecule has 1 heterocycles. The van der Waals surface area contributed by atoms with E-state index in [4.69, 9.17) is 4.74 Å². The Morgan fingerprint density at radius 2 is 2.00 bits per heavy atom. The van der Waals surface area contributed by atoms with E-state index in [9.17, 15) is 5.11 Å². The van der Waals surface area contributed by atoms with Crippen LogP contribution in [0.5, 0.6) is 5.75 Å². The Labute approximate surface area is 117 Å². The zero-order valence-electron chi connectivity index (χ0n) is 11.5. The molecule has 1 N–H and O–H groups in total. The molecule has 102 valence electrons. The standard InChI is InChI=1S/C15H19NO2S/c1-10(2)15-16-12(9-19-15)8-18-14-7-5-4-6-13(14)11(3)17/h4-7,9-11,17H,8H2,1-3H3/t11-/m0/s1. The van der Waals surface area contributed by atoms with Crippen LogP contribution in [0.2, 0.25) is 0 Å². The molecule has 4 heteroatoms. The Morgan fingerprint density at radius 3 is 2.63 bits per heavy atom. The number of benzene rings is 1. The van der Waals surface area contributed by atoms with Gasteiger partial charge in [0.05, 0.1) is 16.8 Å². The monoisotopic (exact) mass is 277 g/mol. The minimum Gasteiger partial charge on any atom is -0.487 e. The molecule has 0 saturated carbocycles. The minimum absolute atomic E-state index is 0.437. The van der Waals surface area contributed by atoms with Crippen molar-refractivity contribution in [3.8, 4) is 5.75 Å². The second-order valence-electron chi connectivity index (χ2n) is 4.83. The van der Waals surface area contributed by atoms with Gasteiger partial charge in [0.1, 0.15) is 12.4 Å². The van der Waals surface area contributed by atoms with Crippen LogP contribution in [0.3, 0.4) is 0 Å². The van der Waals surface area contributed by atoms with E-state index in [-0.39, 0.29) is 0 Å². The summed E-state index contributed by atoms with van der Waals surface area (Å²) >= 11 is 1.66. The lowest BCUT2D eigenvalue weighted by Crippen LogP contribution is -2.01. The van der Waals surface area contributed by atoms with Crippen molar-refractivity contribution in [1.82, 2.24) is 4.98 Å². The second-order valence-corrected chi connectivity index (χ2v) is 5.72. The molecule has 19 heavy (non-hydrogen) atoms. The summed E-state index contributed by atoms with van der Waals surface area (Å²) in [5.41, 5.74) is 1.75. The van der Waals surface area contributed by atoms with E-state index in [2.05, 4.69) is 18.8 Å². The molecule has 1 aromatic heterocycles. The molecule has 0 fully saturated rings. The van der Waals surface area contributed by atoms with Crippen molar-refractivity contribution in [2.45, 2.75) is 39.4 Å². The van der Waals surface area contributed by atoms with Crippen LogP contribution in [-0.4, -0.2) is 10.1 Å². The lowest BCUT2D eigenvalue weighted by atomic mass is 10.1. The molecule has 3 nitrogen and oxygen atoms in total. The van der Waals surface area contributed by atoms with Gasteiger partial charge in [-0.2, -0.15) is 0 Å². The number of para-hydroxylation sites is 1. The molecule has 0 amide bonds. The van der Waals surface area contributed by atoms with Gasteiger partial charge in [-0.3, -0.25) is 0 Å². The summed E-state index contributed by atoms with van der Waals surface area (Å²) in [6, 6.07) is 7.55. The van der Waals surface area contributed by atoms with Crippen molar-refractivity contribution in [3.63, 3.8) is 0 Å². The number of aliphatic hydroxyl groups excluding tert-OH is 1. The van der Waals surface area contributed by atoms with E-state index in [0.717, 1.165) is 22.0 Å². The van der Waals surface area contributed by atoms with Crippen LogP contribution in [0.4, 0.5) is 0 Å². The van der Waals surface area contributed by atoms with Gasteiger partial charge in [0.2, 0.25) is 0 Å². The summed E-state index contributed by atoms with van der Waals surface area (Å²) in [6.45, 7) is 6.44. The van der Waals surface area contributed by atoms with Gasteiger partial charge < -0.3 is 9.84 Å². The highest BCUT2D eigenvalue weighted by atomic mass is 32.1. The van der Waals surface area contributed by atoms with Crippen molar-refractivity contribution in [2.75, 3.05) is 0 Å². The quantitative estimate of drug-likeness (QED) is 0.901. The molecule has 1 atom stereocenters. The number of hydrogen-bond acceptors (Lipinski definition) is 4. The SMILES string of the molecule is CC(C)c1nc(COc2ccccc2[C@H](C)O)cs1. The summed E-state index contributed by atoms with van der Waals surface area (Å²) in [5.74, 6) is 1.17. The summed E-state index contributed by atoms with van der Waals surface area (Å²) < 4.78 is 5.76. The molecule has 1 aromatic carbocycles. The first-order valence-corrected chi connectivity index (χ1v) is 7.30. The fraction of sp³-hybridized carbons (Fsp3) is 0.400. The van der Waals surface area contributed by atoms with Crippen molar-refractivity contribution in [3.05, 3.63) is 45.9 Å². The van der Waals surface area contributed by atoms with Gasteiger partial charge in [0, 0.05) is 16.9 Å². The molecule has 2 aromatic rings. The highest BCUT2D eigenvalue weighted by Gasteiger charge is 2.10. The van der Waals surface area contributed by atoms with Crippen LogP contribution in [0.1, 0.15) is 49.1 Å². The zero-order chi connectivity index (χ0) is 13.8. The molecule has 0 spiro atoms. The lowest BCUT2D eigenvalue weighted by molar-refractivity contribution is 0.190. The number of nitrogens with zero attached hydrogens (tertiary/aromatic N) is 1. The normalized spacial score (nSPS) is 12.7. The predicted molar refractivity (Wildman–Crippen MR) is 77.6 cm³/mol. The van der Waals surface area contributed by atoms with Crippen LogP contribution < -0.4 is 4.74 Å². The van der Waals surface area contributed by atoms with Crippen LogP contribution in [-0.2, 0) is 6.61 Å². The number of aliphatic hydroxyl groups is 1. The second kappa shape index (κ2) is 6.17. The first-order chi connectivity index (χ1) is 9.08. The number of rotatable bonds is 5. The van der Waals surface area contributed by atoms with Gasteiger partial charge >= 0.3 is 0 Å². The van der Waals surface area contributed by atoms with E-state index in [1.165, 1.54) is 0 Å². The molecule has 0 aliphatic rings. The Morgan fingerprint density at radius 1 is 1.26 bits per heavy atom. The molecule has 0 unspecified atom stereocenters. The van der Waals surface area contributed by atoms with Gasteiger partial charge in [0.25, 0.3) is 0 Å². The highest BCUT2D eigenvalue weighted by molar-refractivity contribution is 7.09. The van der Waals surface area contributed by atoms with Crippen molar-refractivity contribution < 1.29 is 9.84 Å². The average Bonchev–Trinajstić information content (AvgIpc) is 2.85. The minimum atomic E-state index is -0.530. The van der Waals surface area contributed by atoms with Crippen molar-refractivity contribution >= 4 is 11.3 Å². The number of hydrogen-bond donors (Lipinski definition) is 1. The van der Waals surface area contributed by atoms with Crippen LogP contribution in [0.15, 0.2) is 29.6 Å². The van der Waals surface area contributed by atoms with Crippen molar-refractivity contribution in [2.24, 2.45) is 0 Å². The number of thiazole rings is 1. The molecular formula is C15H19NO2S. The van der Waals surface area contributed by atoms with Crippen LogP contribution in [0, 0.1) is 0 Å². The molecule has 0 aliphatic heterocycles. The number of ether oxygens (including phenoxy) is 1. The Hall–Kier alpha value is -1.39. The Balaban J connectivity index is 2.06. The van der Waals surface area contributed by atoms with Gasteiger partial charge in [-0.15, -0.1) is 11.3 Å².